The number of hydrogen-bond donors (Lipinski definition) is 4. The van der Waals surface area contributed by atoms with Crippen LogP contribution in [-0.2, 0) is 11.2 Å². The molecule has 4 N–H and O–H groups in total. The number of nitrogens with one attached hydrogen (secondary N) is 3. The third-order valence-corrected chi connectivity index (χ3v) is 6.42. The molecule has 0 heterocycles. The standard InChI is InChI=1S/C25H40N4O3.HI/c1-2-26-24(28-19-25(15-17-30)13-4-3-5-14-25)27-16-12-20-6-10-22(11-7-20)32-18-23(31)29-21-8-9-21;/h6-7,10-11,21,30H,2-5,8-9,12-19H2,1H3,(H,29,31)(H2,26,27,28);1H. The Morgan fingerprint density at radius 3 is 2.52 bits per heavy atom. The molecule has 0 aliphatic heterocycles. The van der Waals surface area contributed by atoms with Gasteiger partial charge in [0.05, 0.1) is 0 Å². The van der Waals surface area contributed by atoms with E-state index in [1.807, 2.05) is 24.3 Å². The molecule has 2 aliphatic rings. The number of nitrogens with zero attached hydrogens (tertiary/aromatic N) is 1. The largest absolute Gasteiger partial charge is 0.484 e. The van der Waals surface area contributed by atoms with Crippen molar-refractivity contribution in [3.8, 4) is 5.75 Å². The predicted molar refractivity (Wildman–Crippen MR) is 143 cm³/mol. The van der Waals surface area contributed by atoms with Crippen LogP contribution < -0.4 is 20.7 Å². The van der Waals surface area contributed by atoms with Crippen molar-refractivity contribution >= 4 is 35.8 Å². The zero-order chi connectivity index (χ0) is 22.7. The van der Waals surface area contributed by atoms with Gasteiger partial charge in [-0.15, -0.1) is 24.0 Å². The first kappa shape index (κ1) is 27.7. The highest BCUT2D eigenvalue weighted by Crippen LogP contribution is 2.39. The topological polar surface area (TPSA) is 95.0 Å². The van der Waals surface area contributed by atoms with Crippen LogP contribution in [0.5, 0.6) is 5.75 Å². The number of aliphatic hydroxyl groups excluding tert-OH is 1. The Labute approximate surface area is 215 Å². The second-order valence-electron chi connectivity index (χ2n) is 9.18. The van der Waals surface area contributed by atoms with Gasteiger partial charge >= 0.3 is 0 Å². The maximum absolute atomic E-state index is 11.7. The minimum Gasteiger partial charge on any atom is -0.484 e. The Morgan fingerprint density at radius 1 is 1.15 bits per heavy atom. The molecule has 7 nitrogen and oxygen atoms in total. The summed E-state index contributed by atoms with van der Waals surface area (Å²) in [5, 5.41) is 19.2. The van der Waals surface area contributed by atoms with Gasteiger partial charge in [-0.25, -0.2) is 0 Å². The number of carbonyl (C=O) groups is 1. The van der Waals surface area contributed by atoms with Crippen molar-refractivity contribution in [1.82, 2.24) is 16.0 Å². The minimum atomic E-state index is -0.0509. The van der Waals surface area contributed by atoms with Crippen LogP contribution in [-0.4, -0.2) is 55.9 Å². The molecule has 2 saturated carbocycles. The van der Waals surface area contributed by atoms with E-state index in [0.717, 1.165) is 64.1 Å². The van der Waals surface area contributed by atoms with E-state index in [1.165, 1.54) is 24.8 Å². The molecule has 8 heteroatoms. The van der Waals surface area contributed by atoms with Crippen molar-refractivity contribution in [2.75, 3.05) is 32.8 Å². The van der Waals surface area contributed by atoms with Gasteiger partial charge in [0.25, 0.3) is 5.91 Å². The summed E-state index contributed by atoms with van der Waals surface area (Å²) in [6, 6.07) is 8.28. The van der Waals surface area contributed by atoms with Crippen molar-refractivity contribution in [2.45, 2.75) is 70.8 Å². The van der Waals surface area contributed by atoms with Crippen molar-refractivity contribution in [3.63, 3.8) is 0 Å². The Bertz CT molecular complexity index is 726. The predicted octanol–water partition coefficient (Wildman–Crippen LogP) is 3.39. The summed E-state index contributed by atoms with van der Waals surface area (Å²) in [5.41, 5.74) is 1.35. The van der Waals surface area contributed by atoms with E-state index in [1.54, 1.807) is 0 Å². The summed E-state index contributed by atoms with van der Waals surface area (Å²) in [4.78, 5) is 16.6. The van der Waals surface area contributed by atoms with Crippen molar-refractivity contribution in [2.24, 2.45) is 10.4 Å². The zero-order valence-corrected chi connectivity index (χ0v) is 22.2. The van der Waals surface area contributed by atoms with E-state index in [-0.39, 0.29) is 48.5 Å². The number of halogens is 1. The molecule has 186 valence electrons. The molecule has 1 aromatic carbocycles. The third-order valence-electron chi connectivity index (χ3n) is 6.42. The molecule has 2 fully saturated rings. The van der Waals surface area contributed by atoms with Gasteiger partial charge in [-0.1, -0.05) is 31.4 Å². The van der Waals surface area contributed by atoms with Crippen LogP contribution in [0.25, 0.3) is 0 Å². The molecule has 1 aromatic rings. The van der Waals surface area contributed by atoms with E-state index in [2.05, 4.69) is 22.9 Å². The van der Waals surface area contributed by atoms with Gasteiger partial charge in [-0.2, -0.15) is 0 Å². The van der Waals surface area contributed by atoms with Crippen LogP contribution in [0.2, 0.25) is 0 Å². The Morgan fingerprint density at radius 2 is 1.88 bits per heavy atom. The molecule has 33 heavy (non-hydrogen) atoms. The van der Waals surface area contributed by atoms with Crippen LogP contribution in [0, 0.1) is 5.41 Å². The molecule has 2 aliphatic carbocycles. The quantitative estimate of drug-likeness (QED) is 0.175. The van der Waals surface area contributed by atoms with Gasteiger partial charge < -0.3 is 25.8 Å². The molecule has 0 atom stereocenters. The first-order chi connectivity index (χ1) is 15.6. The number of rotatable bonds is 12. The molecule has 1 amide bonds. The second-order valence-corrected chi connectivity index (χ2v) is 9.18. The van der Waals surface area contributed by atoms with Gasteiger partial charge in [0, 0.05) is 32.3 Å². The lowest BCUT2D eigenvalue weighted by atomic mass is 9.72. The summed E-state index contributed by atoms with van der Waals surface area (Å²) in [6.45, 7) is 4.75. The van der Waals surface area contributed by atoms with Crippen molar-refractivity contribution in [3.05, 3.63) is 29.8 Å². The number of hydrogen-bond acceptors (Lipinski definition) is 4. The maximum atomic E-state index is 11.7. The second kappa shape index (κ2) is 14.7. The lowest BCUT2D eigenvalue weighted by Crippen LogP contribution is -2.40. The lowest BCUT2D eigenvalue weighted by molar-refractivity contribution is -0.123. The summed E-state index contributed by atoms with van der Waals surface area (Å²) < 4.78 is 5.57. The fourth-order valence-electron chi connectivity index (χ4n) is 4.34. The Kier molecular flexibility index (Phi) is 12.3. The fraction of sp³-hybridized carbons (Fsp3) is 0.680. The average Bonchev–Trinajstić information content (AvgIpc) is 3.62. The van der Waals surface area contributed by atoms with Gasteiger partial charge in [0.1, 0.15) is 5.75 Å². The Hall–Kier alpha value is -1.55. The van der Waals surface area contributed by atoms with E-state index in [9.17, 15) is 9.90 Å². The Balaban J connectivity index is 0.00000385. The van der Waals surface area contributed by atoms with Crippen molar-refractivity contribution < 1.29 is 14.6 Å². The molecule has 0 radical (unpaired) electrons. The fourth-order valence-corrected chi connectivity index (χ4v) is 4.34. The lowest BCUT2D eigenvalue weighted by Gasteiger charge is -2.35. The highest BCUT2D eigenvalue weighted by Gasteiger charge is 2.31. The zero-order valence-electron chi connectivity index (χ0n) is 19.9. The molecule has 0 aromatic heterocycles. The van der Waals surface area contributed by atoms with Crippen LogP contribution in [0.4, 0.5) is 0 Å². The molecule has 0 bridgehead atoms. The number of aliphatic hydroxyl groups is 1. The SMILES string of the molecule is CCNC(=NCC1(CCO)CCCCC1)NCCc1ccc(OCC(=O)NC2CC2)cc1.I. The molecule has 0 saturated heterocycles. The first-order valence-electron chi connectivity index (χ1n) is 12.3. The number of amides is 1. The number of ether oxygens (including phenoxy) is 1. The highest BCUT2D eigenvalue weighted by molar-refractivity contribution is 14.0. The van der Waals surface area contributed by atoms with Crippen LogP contribution in [0.1, 0.15) is 63.9 Å². The number of carbonyl (C=O) groups excluding carboxylic acids is 1. The minimum absolute atomic E-state index is 0. The summed E-state index contributed by atoms with van der Waals surface area (Å²) in [5.74, 6) is 1.51. The molecule has 3 rings (SSSR count). The third kappa shape index (κ3) is 10.1. The monoisotopic (exact) mass is 572 g/mol. The van der Waals surface area contributed by atoms with Crippen LogP contribution in [0.15, 0.2) is 29.3 Å². The maximum Gasteiger partial charge on any atom is 0.258 e. The van der Waals surface area contributed by atoms with E-state index in [0.29, 0.717) is 11.8 Å². The summed E-state index contributed by atoms with van der Waals surface area (Å²) in [7, 11) is 0. The number of aliphatic imine (C=N–C) groups is 1. The molecular formula is C25H41IN4O3. The smallest absolute Gasteiger partial charge is 0.258 e. The van der Waals surface area contributed by atoms with E-state index >= 15 is 0 Å². The van der Waals surface area contributed by atoms with Crippen molar-refractivity contribution in [1.29, 1.82) is 0 Å². The molecule has 0 spiro atoms. The molecule has 0 unspecified atom stereocenters. The van der Waals surface area contributed by atoms with Crippen LogP contribution >= 0.6 is 24.0 Å². The highest BCUT2D eigenvalue weighted by atomic mass is 127. The number of benzene rings is 1. The first-order valence-corrected chi connectivity index (χ1v) is 12.3. The van der Waals surface area contributed by atoms with Gasteiger partial charge in [0.2, 0.25) is 0 Å². The number of guanidine groups is 1. The van der Waals surface area contributed by atoms with Gasteiger partial charge in [0.15, 0.2) is 12.6 Å². The van der Waals surface area contributed by atoms with Gasteiger partial charge in [-0.05, 0) is 68.6 Å². The van der Waals surface area contributed by atoms with E-state index < -0.39 is 0 Å². The summed E-state index contributed by atoms with van der Waals surface area (Å²) >= 11 is 0. The average molecular weight is 573 g/mol. The summed E-state index contributed by atoms with van der Waals surface area (Å²) in [6.07, 6.45) is 9.97. The normalized spacial score (nSPS) is 17.6. The molecular weight excluding hydrogens is 531 g/mol. The van der Waals surface area contributed by atoms with Gasteiger partial charge in [-0.3, -0.25) is 9.79 Å². The van der Waals surface area contributed by atoms with E-state index in [4.69, 9.17) is 9.73 Å². The van der Waals surface area contributed by atoms with Crippen LogP contribution in [0.3, 0.4) is 0 Å².